The van der Waals surface area contributed by atoms with Crippen LogP contribution in [0.1, 0.15) is 5.56 Å². The molecule has 1 N–H and O–H groups in total. The summed E-state index contributed by atoms with van der Waals surface area (Å²) < 4.78 is 0. The van der Waals surface area contributed by atoms with E-state index < -0.39 is 0 Å². The first kappa shape index (κ1) is 13.0. The molecule has 3 aromatic rings. The summed E-state index contributed by atoms with van der Waals surface area (Å²) in [4.78, 5) is 0. The molecule has 0 spiro atoms. The van der Waals surface area contributed by atoms with Crippen LogP contribution in [0.15, 0.2) is 78.9 Å². The summed E-state index contributed by atoms with van der Waals surface area (Å²) in [6, 6.07) is 28.1. The molecule has 0 saturated carbocycles. The molecule has 0 aliphatic carbocycles. The second-order valence-corrected chi connectivity index (χ2v) is 4.76. The van der Waals surface area contributed by atoms with Crippen LogP contribution in [0.25, 0.3) is 11.1 Å². The molecule has 2 heteroatoms. The fourth-order valence-corrected chi connectivity index (χ4v) is 2.20. The zero-order chi connectivity index (χ0) is 14.5. The number of hydrogen-bond donors (Lipinski definition) is 1. The van der Waals surface area contributed by atoms with Crippen LogP contribution in [-0.2, 0) is 0 Å². The Bertz CT molecular complexity index is 769. The van der Waals surface area contributed by atoms with E-state index in [1.807, 2.05) is 54.6 Å². The van der Waals surface area contributed by atoms with Crippen LogP contribution in [0, 0.1) is 11.3 Å². The van der Waals surface area contributed by atoms with Gasteiger partial charge in [-0.15, -0.1) is 0 Å². The number of nitrogens with zero attached hydrogens (tertiary/aromatic N) is 1. The van der Waals surface area contributed by atoms with Crippen LogP contribution >= 0.6 is 0 Å². The van der Waals surface area contributed by atoms with E-state index in [-0.39, 0.29) is 0 Å². The number of hydrogen-bond acceptors (Lipinski definition) is 2. The molecule has 100 valence electrons. The third-order valence-corrected chi connectivity index (χ3v) is 3.27. The monoisotopic (exact) mass is 270 g/mol. The van der Waals surface area contributed by atoms with Crippen LogP contribution in [-0.4, -0.2) is 0 Å². The molecule has 0 radical (unpaired) electrons. The van der Waals surface area contributed by atoms with Gasteiger partial charge in [0.1, 0.15) is 0 Å². The fourth-order valence-electron chi connectivity index (χ4n) is 2.20. The average molecular weight is 270 g/mol. The highest BCUT2D eigenvalue weighted by Gasteiger charge is 1.99. The largest absolute Gasteiger partial charge is 0.356 e. The molecule has 2 nitrogen and oxygen atoms in total. The highest BCUT2D eigenvalue weighted by atomic mass is 14.9. The molecule has 0 bridgehead atoms. The minimum atomic E-state index is 0.665. The predicted octanol–water partition coefficient (Wildman–Crippen LogP) is 4.97. The Morgan fingerprint density at radius 1 is 0.667 bits per heavy atom. The SMILES string of the molecule is N#Cc1ccc(Nc2cccc(-c3ccccc3)c2)cc1. The van der Waals surface area contributed by atoms with E-state index in [4.69, 9.17) is 5.26 Å². The number of rotatable bonds is 3. The zero-order valence-electron chi connectivity index (χ0n) is 11.5. The Morgan fingerprint density at radius 2 is 1.38 bits per heavy atom. The molecule has 0 saturated heterocycles. The predicted molar refractivity (Wildman–Crippen MR) is 86.3 cm³/mol. The van der Waals surface area contributed by atoms with Gasteiger partial charge < -0.3 is 5.32 Å². The van der Waals surface area contributed by atoms with Crippen molar-refractivity contribution in [3.8, 4) is 17.2 Å². The fraction of sp³-hybridized carbons (Fsp3) is 0. The summed E-state index contributed by atoms with van der Waals surface area (Å²) in [6.07, 6.45) is 0. The molecule has 0 aliphatic heterocycles. The lowest BCUT2D eigenvalue weighted by Crippen LogP contribution is -1.90. The van der Waals surface area contributed by atoms with E-state index in [2.05, 4.69) is 35.7 Å². The third-order valence-electron chi connectivity index (χ3n) is 3.27. The van der Waals surface area contributed by atoms with Crippen molar-refractivity contribution < 1.29 is 0 Å². The first-order chi connectivity index (χ1) is 10.3. The van der Waals surface area contributed by atoms with Crippen LogP contribution in [0.5, 0.6) is 0 Å². The minimum absolute atomic E-state index is 0.665. The Morgan fingerprint density at radius 3 is 2.10 bits per heavy atom. The van der Waals surface area contributed by atoms with E-state index >= 15 is 0 Å². The van der Waals surface area contributed by atoms with Crippen molar-refractivity contribution in [1.29, 1.82) is 5.26 Å². The van der Waals surface area contributed by atoms with Gasteiger partial charge in [0.25, 0.3) is 0 Å². The summed E-state index contributed by atoms with van der Waals surface area (Å²) in [5, 5.41) is 12.2. The molecule has 0 aromatic heterocycles. The van der Waals surface area contributed by atoms with E-state index in [1.165, 1.54) is 11.1 Å². The van der Waals surface area contributed by atoms with Crippen LogP contribution < -0.4 is 5.32 Å². The van der Waals surface area contributed by atoms with Crippen LogP contribution in [0.2, 0.25) is 0 Å². The number of nitrogens with one attached hydrogen (secondary N) is 1. The van der Waals surface area contributed by atoms with Gasteiger partial charge in [-0.2, -0.15) is 5.26 Å². The van der Waals surface area contributed by atoms with E-state index in [0.29, 0.717) is 5.56 Å². The molecular weight excluding hydrogens is 256 g/mol. The van der Waals surface area contributed by atoms with Gasteiger partial charge >= 0.3 is 0 Å². The standard InChI is InChI=1S/C19H14N2/c20-14-15-9-11-18(12-10-15)21-19-8-4-7-17(13-19)16-5-2-1-3-6-16/h1-13,21H. The van der Waals surface area contributed by atoms with Crippen LogP contribution in [0.3, 0.4) is 0 Å². The van der Waals surface area contributed by atoms with E-state index in [0.717, 1.165) is 11.4 Å². The van der Waals surface area contributed by atoms with Gasteiger partial charge in [-0.25, -0.2) is 0 Å². The Kier molecular flexibility index (Phi) is 3.66. The smallest absolute Gasteiger partial charge is 0.0991 e. The van der Waals surface area contributed by atoms with Crippen molar-refractivity contribution in [2.24, 2.45) is 0 Å². The zero-order valence-corrected chi connectivity index (χ0v) is 11.5. The first-order valence-electron chi connectivity index (χ1n) is 6.78. The Hall–Kier alpha value is -3.05. The quantitative estimate of drug-likeness (QED) is 0.729. The normalized spacial score (nSPS) is 9.86. The molecule has 21 heavy (non-hydrogen) atoms. The lowest BCUT2D eigenvalue weighted by Gasteiger charge is -2.09. The van der Waals surface area contributed by atoms with Gasteiger partial charge in [-0.05, 0) is 47.5 Å². The molecule has 3 aromatic carbocycles. The lowest BCUT2D eigenvalue weighted by molar-refractivity contribution is 1.47. The van der Waals surface area contributed by atoms with Gasteiger partial charge in [0.15, 0.2) is 0 Å². The molecule has 0 heterocycles. The van der Waals surface area contributed by atoms with Crippen LogP contribution in [0.4, 0.5) is 11.4 Å². The van der Waals surface area contributed by atoms with Crippen molar-refractivity contribution >= 4 is 11.4 Å². The highest BCUT2D eigenvalue weighted by Crippen LogP contribution is 2.24. The molecule has 0 unspecified atom stereocenters. The topological polar surface area (TPSA) is 35.8 Å². The number of nitriles is 1. The maximum atomic E-state index is 8.81. The highest BCUT2D eigenvalue weighted by molar-refractivity contribution is 5.70. The second kappa shape index (κ2) is 5.94. The lowest BCUT2D eigenvalue weighted by atomic mass is 10.1. The van der Waals surface area contributed by atoms with Crippen molar-refractivity contribution in [3.05, 3.63) is 84.4 Å². The van der Waals surface area contributed by atoms with Gasteiger partial charge in [0, 0.05) is 11.4 Å². The Labute approximate surface area is 124 Å². The Balaban J connectivity index is 1.85. The maximum Gasteiger partial charge on any atom is 0.0991 e. The average Bonchev–Trinajstić information content (AvgIpc) is 2.57. The van der Waals surface area contributed by atoms with Crippen molar-refractivity contribution in [3.63, 3.8) is 0 Å². The maximum absolute atomic E-state index is 8.81. The summed E-state index contributed by atoms with van der Waals surface area (Å²) in [5.74, 6) is 0. The van der Waals surface area contributed by atoms with Gasteiger partial charge in [0.05, 0.1) is 11.6 Å². The van der Waals surface area contributed by atoms with Crippen molar-refractivity contribution in [2.75, 3.05) is 5.32 Å². The molecule has 3 rings (SSSR count). The van der Waals surface area contributed by atoms with Gasteiger partial charge in [0.2, 0.25) is 0 Å². The number of anilines is 2. The van der Waals surface area contributed by atoms with Crippen molar-refractivity contribution in [2.45, 2.75) is 0 Å². The molecule has 0 amide bonds. The summed E-state index contributed by atoms with van der Waals surface area (Å²) >= 11 is 0. The van der Waals surface area contributed by atoms with E-state index in [9.17, 15) is 0 Å². The molecule has 0 aliphatic rings. The summed E-state index contributed by atoms with van der Waals surface area (Å²) in [5.41, 5.74) is 5.04. The van der Waals surface area contributed by atoms with Crippen molar-refractivity contribution in [1.82, 2.24) is 0 Å². The summed E-state index contributed by atoms with van der Waals surface area (Å²) in [6.45, 7) is 0. The molecular formula is C19H14N2. The summed E-state index contributed by atoms with van der Waals surface area (Å²) in [7, 11) is 0. The second-order valence-electron chi connectivity index (χ2n) is 4.76. The minimum Gasteiger partial charge on any atom is -0.356 e. The van der Waals surface area contributed by atoms with Gasteiger partial charge in [-0.1, -0.05) is 42.5 Å². The molecule has 0 atom stereocenters. The van der Waals surface area contributed by atoms with Gasteiger partial charge in [-0.3, -0.25) is 0 Å². The first-order valence-corrected chi connectivity index (χ1v) is 6.78. The number of benzene rings is 3. The van der Waals surface area contributed by atoms with E-state index in [1.54, 1.807) is 0 Å². The third kappa shape index (κ3) is 3.10. The molecule has 0 fully saturated rings.